The number of amides is 1. The summed E-state index contributed by atoms with van der Waals surface area (Å²) in [5.41, 5.74) is 0.410. The van der Waals surface area contributed by atoms with Crippen LogP contribution in [0.15, 0.2) is 35.0 Å². The highest BCUT2D eigenvalue weighted by molar-refractivity contribution is 7.98. The van der Waals surface area contributed by atoms with Crippen LogP contribution < -0.4 is 9.50 Å². The number of rotatable bonds is 6. The first-order valence-electron chi connectivity index (χ1n) is 6.61. The fraction of sp³-hybridized carbons (Fsp3) is 0.143. The summed E-state index contributed by atoms with van der Waals surface area (Å²) < 4.78 is 30.8. The molecule has 1 aromatic carbocycles. The van der Waals surface area contributed by atoms with Crippen molar-refractivity contribution < 1.29 is 17.4 Å². The van der Waals surface area contributed by atoms with E-state index < -0.39 is 16.0 Å². The van der Waals surface area contributed by atoms with Crippen molar-refractivity contribution in [3.63, 3.8) is 0 Å². The summed E-state index contributed by atoms with van der Waals surface area (Å²) in [6.07, 6.45) is 4.12. The third-order valence-corrected chi connectivity index (χ3v) is 4.40. The molecule has 0 aliphatic carbocycles. The number of benzene rings is 1. The molecule has 0 saturated heterocycles. The summed E-state index contributed by atoms with van der Waals surface area (Å²) in [4.78, 5) is 16.2. The molecule has 11 heteroatoms. The lowest BCUT2D eigenvalue weighted by Gasteiger charge is -2.03. The van der Waals surface area contributed by atoms with Gasteiger partial charge in [0.15, 0.2) is 0 Å². The van der Waals surface area contributed by atoms with Crippen molar-refractivity contribution in [2.24, 2.45) is 0 Å². The van der Waals surface area contributed by atoms with Crippen LogP contribution in [-0.4, -0.2) is 36.2 Å². The standard InChI is InChI=1S/C14H12N4O4S3/c1-23-14-17-13(24-18-14)16-12(19)10(8-15)7-9-3-5-11(6-4-9)22-25(2,20)21/h3-7H,1-2H3,(H,16,17,18,19)/b10-7-. The third-order valence-electron chi connectivity index (χ3n) is 2.61. The summed E-state index contributed by atoms with van der Waals surface area (Å²) in [6.45, 7) is 0. The Labute approximate surface area is 152 Å². The predicted octanol–water partition coefficient (Wildman–Crippen LogP) is 2.14. The molecule has 0 aliphatic heterocycles. The molecule has 25 heavy (non-hydrogen) atoms. The Kier molecular flexibility index (Phi) is 6.13. The van der Waals surface area contributed by atoms with Crippen molar-refractivity contribution in [3.8, 4) is 11.8 Å². The Morgan fingerprint density at radius 2 is 2.08 bits per heavy atom. The Bertz CT molecular complexity index is 943. The first kappa shape index (κ1) is 18.9. The molecule has 0 unspecified atom stereocenters. The highest BCUT2D eigenvalue weighted by Crippen LogP contribution is 2.19. The van der Waals surface area contributed by atoms with Gasteiger partial charge in [0.2, 0.25) is 10.3 Å². The molecule has 1 heterocycles. The number of carbonyl (C=O) groups excluding carboxylic acids is 1. The third kappa shape index (κ3) is 5.86. The molecule has 0 spiro atoms. The normalized spacial score (nSPS) is 11.6. The van der Waals surface area contributed by atoms with Crippen LogP contribution in [0.3, 0.4) is 0 Å². The minimum atomic E-state index is -3.61. The maximum atomic E-state index is 12.1. The van der Waals surface area contributed by atoms with Gasteiger partial charge in [-0.05, 0) is 30.0 Å². The average Bonchev–Trinajstić information content (AvgIpc) is 3.00. The molecule has 130 valence electrons. The van der Waals surface area contributed by atoms with Crippen LogP contribution in [0, 0.1) is 11.3 Å². The lowest BCUT2D eigenvalue weighted by Crippen LogP contribution is -2.13. The molecule has 1 N–H and O–H groups in total. The van der Waals surface area contributed by atoms with Gasteiger partial charge in [0.1, 0.15) is 17.4 Å². The second-order valence-corrected chi connectivity index (χ2v) is 7.67. The van der Waals surface area contributed by atoms with Crippen molar-refractivity contribution >= 4 is 50.5 Å². The maximum absolute atomic E-state index is 12.1. The molecule has 0 atom stereocenters. The molecule has 0 radical (unpaired) electrons. The fourth-order valence-corrected chi connectivity index (χ4v) is 3.20. The largest absolute Gasteiger partial charge is 0.383 e. The zero-order chi connectivity index (χ0) is 18.4. The Morgan fingerprint density at radius 3 is 2.60 bits per heavy atom. The van der Waals surface area contributed by atoms with Crippen LogP contribution in [0.4, 0.5) is 5.13 Å². The van der Waals surface area contributed by atoms with Crippen molar-refractivity contribution in [2.75, 3.05) is 17.8 Å². The van der Waals surface area contributed by atoms with Crippen molar-refractivity contribution in [1.29, 1.82) is 5.26 Å². The van der Waals surface area contributed by atoms with Crippen molar-refractivity contribution in [2.45, 2.75) is 5.16 Å². The topological polar surface area (TPSA) is 122 Å². The van der Waals surface area contributed by atoms with Gasteiger partial charge in [-0.2, -0.15) is 23.0 Å². The summed E-state index contributed by atoms with van der Waals surface area (Å²) >= 11 is 2.36. The Morgan fingerprint density at radius 1 is 1.40 bits per heavy atom. The van der Waals surface area contributed by atoms with E-state index in [0.29, 0.717) is 15.9 Å². The monoisotopic (exact) mass is 396 g/mol. The molecule has 0 aliphatic rings. The SMILES string of the molecule is CSc1nsc(NC(=O)/C(C#N)=C\c2ccc(OS(C)(=O)=O)cc2)n1. The number of aromatic nitrogens is 2. The minimum absolute atomic E-state index is 0.127. The lowest BCUT2D eigenvalue weighted by atomic mass is 10.1. The first-order chi connectivity index (χ1) is 11.8. The lowest BCUT2D eigenvalue weighted by molar-refractivity contribution is -0.112. The van der Waals surface area contributed by atoms with Gasteiger partial charge in [-0.15, -0.1) is 0 Å². The Hall–Kier alpha value is -2.42. The van der Waals surface area contributed by atoms with E-state index in [0.717, 1.165) is 17.8 Å². The van der Waals surface area contributed by atoms with E-state index in [9.17, 15) is 18.5 Å². The van der Waals surface area contributed by atoms with Crippen LogP contribution in [0.2, 0.25) is 0 Å². The summed E-state index contributed by atoms with van der Waals surface area (Å²) in [6, 6.07) is 7.73. The van der Waals surface area contributed by atoms with E-state index in [1.54, 1.807) is 0 Å². The molecule has 0 fully saturated rings. The smallest absolute Gasteiger partial charge is 0.306 e. The van der Waals surface area contributed by atoms with Gasteiger partial charge in [-0.1, -0.05) is 23.9 Å². The average molecular weight is 396 g/mol. The zero-order valence-electron chi connectivity index (χ0n) is 13.1. The number of nitrogens with zero attached hydrogens (tertiary/aromatic N) is 3. The van der Waals surface area contributed by atoms with Crippen molar-refractivity contribution in [1.82, 2.24) is 9.36 Å². The van der Waals surface area contributed by atoms with Crippen LogP contribution in [0.25, 0.3) is 6.08 Å². The van der Waals surface area contributed by atoms with Crippen LogP contribution >= 0.6 is 23.3 Å². The maximum Gasteiger partial charge on any atom is 0.306 e. The van der Waals surface area contributed by atoms with Gasteiger partial charge in [0.25, 0.3) is 5.91 Å². The molecule has 2 aromatic rings. The van der Waals surface area contributed by atoms with Gasteiger partial charge in [0, 0.05) is 11.5 Å². The van der Waals surface area contributed by atoms with Crippen LogP contribution in [-0.2, 0) is 14.9 Å². The van der Waals surface area contributed by atoms with Gasteiger partial charge < -0.3 is 4.18 Å². The quantitative estimate of drug-likeness (QED) is 0.341. The van der Waals surface area contributed by atoms with E-state index in [1.807, 2.05) is 12.3 Å². The van der Waals surface area contributed by atoms with Crippen LogP contribution in [0.5, 0.6) is 5.75 Å². The second kappa shape index (κ2) is 8.11. The number of carbonyl (C=O) groups is 1. The second-order valence-electron chi connectivity index (χ2n) is 4.57. The molecular weight excluding hydrogens is 384 g/mol. The molecular formula is C14H12N4O4S3. The van der Waals surface area contributed by atoms with Crippen LogP contribution in [0.1, 0.15) is 5.56 Å². The molecule has 8 nitrogen and oxygen atoms in total. The van der Waals surface area contributed by atoms with Gasteiger partial charge in [-0.25, -0.2) is 0 Å². The number of hydrogen-bond donors (Lipinski definition) is 1. The highest BCUT2D eigenvalue weighted by Gasteiger charge is 2.13. The number of nitriles is 1. The fourth-order valence-electron chi connectivity index (χ4n) is 1.62. The van der Waals surface area contributed by atoms with Gasteiger partial charge >= 0.3 is 10.1 Å². The molecule has 1 aromatic heterocycles. The van der Waals surface area contributed by atoms with Crippen molar-refractivity contribution in [3.05, 3.63) is 35.4 Å². The number of nitrogens with one attached hydrogen (secondary N) is 1. The molecule has 0 bridgehead atoms. The number of hydrogen-bond acceptors (Lipinski definition) is 9. The van der Waals surface area contributed by atoms with Gasteiger partial charge in [0.05, 0.1) is 6.26 Å². The van der Waals surface area contributed by atoms with E-state index in [-0.39, 0.29) is 11.3 Å². The van der Waals surface area contributed by atoms with E-state index in [2.05, 4.69) is 14.7 Å². The Balaban J connectivity index is 2.13. The van der Waals surface area contributed by atoms with E-state index >= 15 is 0 Å². The van der Waals surface area contributed by atoms with E-state index in [4.69, 9.17) is 4.18 Å². The predicted molar refractivity (Wildman–Crippen MR) is 95.8 cm³/mol. The first-order valence-corrected chi connectivity index (χ1v) is 10.4. The minimum Gasteiger partial charge on any atom is -0.383 e. The van der Waals surface area contributed by atoms with Gasteiger partial charge in [-0.3, -0.25) is 10.1 Å². The number of anilines is 1. The van der Waals surface area contributed by atoms with E-state index in [1.165, 1.54) is 42.1 Å². The number of thioether (sulfide) groups is 1. The summed E-state index contributed by atoms with van der Waals surface area (Å²) in [5, 5.41) is 12.5. The molecule has 1 amide bonds. The molecule has 2 rings (SSSR count). The summed E-state index contributed by atoms with van der Waals surface area (Å²) in [5.74, 6) is -0.469. The summed E-state index contributed by atoms with van der Waals surface area (Å²) in [7, 11) is -3.61. The zero-order valence-corrected chi connectivity index (χ0v) is 15.5. The molecule has 0 saturated carbocycles. The highest BCUT2D eigenvalue weighted by atomic mass is 32.2.